The molecule has 2 N–H and O–H groups in total. The first kappa shape index (κ1) is 13.5. The van der Waals surface area contributed by atoms with Gasteiger partial charge in [0.05, 0.1) is 6.61 Å². The van der Waals surface area contributed by atoms with Gasteiger partial charge in [-0.05, 0) is 11.6 Å². The molecule has 19 heavy (non-hydrogen) atoms. The standard InChI is InChI=1S/C12H12N2O4S/c15-12-7-6-11(8-13-12)19(16,17)14-18-9-10-4-2-1-3-5-10/h1-8,14H,9H2,(H,13,15). The summed E-state index contributed by atoms with van der Waals surface area (Å²) >= 11 is 0. The molecule has 0 spiro atoms. The van der Waals surface area contributed by atoms with Crippen LogP contribution in [0.3, 0.4) is 0 Å². The Labute approximate surface area is 110 Å². The Hall–Kier alpha value is -1.96. The van der Waals surface area contributed by atoms with Gasteiger partial charge in [-0.1, -0.05) is 35.2 Å². The molecule has 6 nitrogen and oxygen atoms in total. The molecule has 0 bridgehead atoms. The predicted molar refractivity (Wildman–Crippen MR) is 68.6 cm³/mol. The molecule has 1 heterocycles. The summed E-state index contributed by atoms with van der Waals surface area (Å²) in [6.07, 6.45) is 1.11. The molecule has 0 saturated carbocycles. The van der Waals surface area contributed by atoms with E-state index in [9.17, 15) is 13.2 Å². The minimum Gasteiger partial charge on any atom is -0.328 e. The molecule has 2 rings (SSSR count). The molecule has 0 radical (unpaired) electrons. The monoisotopic (exact) mass is 280 g/mol. The van der Waals surface area contributed by atoms with Crippen LogP contribution in [0, 0.1) is 0 Å². The first-order chi connectivity index (χ1) is 9.08. The molecule has 0 atom stereocenters. The van der Waals surface area contributed by atoms with Crippen LogP contribution < -0.4 is 10.4 Å². The number of sulfonamides is 1. The number of H-pyrrole nitrogens is 1. The summed E-state index contributed by atoms with van der Waals surface area (Å²) in [6, 6.07) is 11.5. The van der Waals surface area contributed by atoms with E-state index in [2.05, 4.69) is 4.98 Å². The minimum absolute atomic E-state index is 0.0693. The molecule has 0 amide bonds. The third-order valence-electron chi connectivity index (χ3n) is 2.32. The van der Waals surface area contributed by atoms with Crippen molar-refractivity contribution in [1.29, 1.82) is 0 Å². The molecule has 0 aliphatic carbocycles. The van der Waals surface area contributed by atoms with Crippen molar-refractivity contribution in [2.24, 2.45) is 0 Å². The number of nitrogens with one attached hydrogen (secondary N) is 2. The van der Waals surface area contributed by atoms with Gasteiger partial charge < -0.3 is 4.98 Å². The molecular formula is C12H12N2O4S. The lowest BCUT2D eigenvalue weighted by molar-refractivity contribution is 0.0795. The molecule has 0 unspecified atom stereocenters. The lowest BCUT2D eigenvalue weighted by Gasteiger charge is -2.06. The summed E-state index contributed by atoms with van der Waals surface area (Å²) in [5.74, 6) is 0. The zero-order chi connectivity index (χ0) is 13.7. The van der Waals surface area contributed by atoms with E-state index in [0.717, 1.165) is 17.8 Å². The van der Waals surface area contributed by atoms with Crippen LogP contribution in [0.1, 0.15) is 5.56 Å². The molecule has 100 valence electrons. The highest BCUT2D eigenvalue weighted by Gasteiger charge is 2.13. The van der Waals surface area contributed by atoms with Crippen LogP contribution in [0.25, 0.3) is 0 Å². The highest BCUT2D eigenvalue weighted by molar-refractivity contribution is 7.89. The third-order valence-corrected chi connectivity index (χ3v) is 3.53. The smallest absolute Gasteiger partial charge is 0.263 e. The summed E-state index contributed by atoms with van der Waals surface area (Å²) in [4.78, 5) is 20.0. The highest BCUT2D eigenvalue weighted by Crippen LogP contribution is 2.05. The fraction of sp³-hybridized carbons (Fsp3) is 0.0833. The van der Waals surface area contributed by atoms with Gasteiger partial charge in [-0.25, -0.2) is 8.42 Å². The minimum atomic E-state index is -3.79. The van der Waals surface area contributed by atoms with E-state index in [1.54, 1.807) is 0 Å². The molecule has 1 aromatic heterocycles. The van der Waals surface area contributed by atoms with Crippen LogP contribution in [0.4, 0.5) is 0 Å². The van der Waals surface area contributed by atoms with E-state index in [0.29, 0.717) is 0 Å². The van der Waals surface area contributed by atoms with Gasteiger partial charge in [0, 0.05) is 12.3 Å². The van der Waals surface area contributed by atoms with E-state index < -0.39 is 10.0 Å². The van der Waals surface area contributed by atoms with Crippen molar-refractivity contribution in [1.82, 2.24) is 9.87 Å². The van der Waals surface area contributed by atoms with Crippen LogP contribution in [0.5, 0.6) is 0 Å². The zero-order valence-electron chi connectivity index (χ0n) is 9.87. The maximum atomic E-state index is 11.8. The van der Waals surface area contributed by atoms with Crippen LogP contribution in [0.2, 0.25) is 0 Å². The average Bonchev–Trinajstić information content (AvgIpc) is 2.40. The first-order valence-electron chi connectivity index (χ1n) is 5.44. The number of aromatic amines is 1. The second-order valence-electron chi connectivity index (χ2n) is 3.75. The SMILES string of the molecule is O=c1ccc(S(=O)(=O)NOCc2ccccc2)c[nH]1. The topological polar surface area (TPSA) is 88.3 Å². The summed E-state index contributed by atoms with van der Waals surface area (Å²) in [5, 5.41) is 0. The fourth-order valence-electron chi connectivity index (χ4n) is 1.38. The quantitative estimate of drug-likeness (QED) is 0.792. The van der Waals surface area contributed by atoms with Crippen molar-refractivity contribution < 1.29 is 13.3 Å². The number of hydrogen-bond acceptors (Lipinski definition) is 4. The summed E-state index contributed by atoms with van der Waals surface area (Å²) in [6.45, 7) is 0.115. The molecule has 0 aliphatic rings. The first-order valence-corrected chi connectivity index (χ1v) is 6.92. The Morgan fingerprint density at radius 3 is 2.47 bits per heavy atom. The Bertz CT molecular complexity index is 675. The Morgan fingerprint density at radius 2 is 1.84 bits per heavy atom. The Balaban J connectivity index is 1.98. The van der Waals surface area contributed by atoms with Crippen LogP contribution in [0.15, 0.2) is 58.4 Å². The number of benzene rings is 1. The fourth-order valence-corrected chi connectivity index (χ4v) is 2.15. The van der Waals surface area contributed by atoms with E-state index in [1.165, 1.54) is 6.07 Å². The number of aromatic nitrogens is 1. The van der Waals surface area contributed by atoms with E-state index in [1.807, 2.05) is 35.2 Å². The van der Waals surface area contributed by atoms with Gasteiger partial charge in [-0.2, -0.15) is 0 Å². The number of pyridine rings is 1. The van der Waals surface area contributed by atoms with Gasteiger partial charge in [0.15, 0.2) is 0 Å². The molecular weight excluding hydrogens is 268 g/mol. The normalized spacial score (nSPS) is 11.4. The van der Waals surface area contributed by atoms with Crippen molar-refractivity contribution in [3.63, 3.8) is 0 Å². The van der Waals surface area contributed by atoms with Crippen molar-refractivity contribution in [3.05, 3.63) is 64.6 Å². The molecule has 0 aliphatic heterocycles. The van der Waals surface area contributed by atoms with Crippen molar-refractivity contribution in [2.45, 2.75) is 11.5 Å². The van der Waals surface area contributed by atoms with Gasteiger partial charge in [0.25, 0.3) is 10.0 Å². The largest absolute Gasteiger partial charge is 0.328 e. The maximum Gasteiger partial charge on any atom is 0.263 e. The zero-order valence-corrected chi connectivity index (χ0v) is 10.7. The second-order valence-corrected chi connectivity index (χ2v) is 5.39. The molecule has 2 aromatic rings. The Kier molecular flexibility index (Phi) is 4.10. The molecule has 0 fully saturated rings. The van der Waals surface area contributed by atoms with Gasteiger partial charge in [0.2, 0.25) is 5.56 Å². The van der Waals surface area contributed by atoms with Gasteiger partial charge in [-0.15, -0.1) is 0 Å². The van der Waals surface area contributed by atoms with Crippen molar-refractivity contribution in [3.8, 4) is 0 Å². The van der Waals surface area contributed by atoms with Gasteiger partial charge >= 0.3 is 0 Å². The lowest BCUT2D eigenvalue weighted by Crippen LogP contribution is -2.24. The number of hydrogen-bond donors (Lipinski definition) is 2. The molecule has 1 aromatic carbocycles. The van der Waals surface area contributed by atoms with Crippen LogP contribution >= 0.6 is 0 Å². The van der Waals surface area contributed by atoms with Crippen molar-refractivity contribution in [2.75, 3.05) is 0 Å². The van der Waals surface area contributed by atoms with Crippen LogP contribution in [-0.4, -0.2) is 13.4 Å². The summed E-state index contributed by atoms with van der Waals surface area (Å²) in [5.41, 5.74) is 0.468. The Morgan fingerprint density at radius 1 is 1.11 bits per heavy atom. The summed E-state index contributed by atoms with van der Waals surface area (Å²) in [7, 11) is -3.79. The third kappa shape index (κ3) is 3.75. The lowest BCUT2D eigenvalue weighted by atomic mass is 10.2. The number of rotatable bonds is 5. The average molecular weight is 280 g/mol. The van der Waals surface area contributed by atoms with Crippen molar-refractivity contribution >= 4 is 10.0 Å². The van der Waals surface area contributed by atoms with Gasteiger partial charge in [-0.3, -0.25) is 9.63 Å². The van der Waals surface area contributed by atoms with E-state index in [-0.39, 0.29) is 17.1 Å². The van der Waals surface area contributed by atoms with Gasteiger partial charge in [0.1, 0.15) is 4.90 Å². The molecule has 0 saturated heterocycles. The molecule has 7 heteroatoms. The maximum absolute atomic E-state index is 11.8. The second kappa shape index (κ2) is 5.79. The van der Waals surface area contributed by atoms with E-state index in [4.69, 9.17) is 4.84 Å². The summed E-state index contributed by atoms with van der Waals surface area (Å²) < 4.78 is 23.6. The van der Waals surface area contributed by atoms with E-state index >= 15 is 0 Å². The predicted octanol–water partition coefficient (Wildman–Crippen LogP) is 0.785. The van der Waals surface area contributed by atoms with Crippen LogP contribution in [-0.2, 0) is 21.5 Å². The highest BCUT2D eigenvalue weighted by atomic mass is 32.2.